The molecule has 218 valence electrons. The number of carbonyl (C=O) groups is 1. The molecule has 6 nitrogen and oxygen atoms in total. The summed E-state index contributed by atoms with van der Waals surface area (Å²) in [7, 11) is 0. The zero-order valence-electron chi connectivity index (χ0n) is 23.9. The summed E-state index contributed by atoms with van der Waals surface area (Å²) in [4.78, 5) is 27.6. The highest BCUT2D eigenvalue weighted by Crippen LogP contribution is 2.41. The maximum Gasteiger partial charge on any atom is 0.320 e. The van der Waals surface area contributed by atoms with E-state index >= 15 is 0 Å². The maximum atomic E-state index is 14.2. The van der Waals surface area contributed by atoms with Crippen LogP contribution in [0, 0.1) is 17.7 Å². The molecule has 0 spiro atoms. The quantitative estimate of drug-likeness (QED) is 0.303. The van der Waals surface area contributed by atoms with Crippen molar-refractivity contribution in [3.8, 4) is 0 Å². The van der Waals surface area contributed by atoms with E-state index in [2.05, 4.69) is 33.8 Å². The van der Waals surface area contributed by atoms with Crippen molar-refractivity contribution in [2.45, 2.75) is 69.7 Å². The number of thiazole rings is 1. The summed E-state index contributed by atoms with van der Waals surface area (Å²) in [6.07, 6.45) is 10.8. The summed E-state index contributed by atoms with van der Waals surface area (Å²) in [6, 6.07) is 10.7. The molecular weight excluding hydrogens is 535 g/mol. The van der Waals surface area contributed by atoms with Crippen molar-refractivity contribution in [3.05, 3.63) is 81.3 Å². The number of aliphatic carboxylic acids is 1. The Kier molecular flexibility index (Phi) is 8.79. The normalized spacial score (nSPS) is 23.2. The van der Waals surface area contributed by atoms with E-state index in [1.54, 1.807) is 12.1 Å². The second-order valence-corrected chi connectivity index (χ2v) is 13.4. The number of pyridine rings is 1. The van der Waals surface area contributed by atoms with Crippen LogP contribution in [0.15, 0.2) is 48.8 Å². The molecule has 2 aromatic heterocycles. The molecule has 6 rings (SSSR count). The predicted octanol–water partition coefficient (Wildman–Crippen LogP) is 5.98. The van der Waals surface area contributed by atoms with E-state index < -0.39 is 12.0 Å². The zero-order valence-corrected chi connectivity index (χ0v) is 24.7. The number of likely N-dealkylation sites (tertiary alicyclic amines) is 2. The van der Waals surface area contributed by atoms with Crippen molar-refractivity contribution in [1.29, 1.82) is 0 Å². The Morgan fingerprint density at radius 2 is 1.90 bits per heavy atom. The minimum absolute atomic E-state index is 0.147. The van der Waals surface area contributed by atoms with Gasteiger partial charge in [0.2, 0.25) is 0 Å². The lowest BCUT2D eigenvalue weighted by atomic mass is 9.87. The molecule has 2 aliphatic heterocycles. The minimum atomic E-state index is -0.712. The van der Waals surface area contributed by atoms with Crippen LogP contribution in [0.2, 0.25) is 0 Å². The maximum absolute atomic E-state index is 14.2. The van der Waals surface area contributed by atoms with Gasteiger partial charge in [0, 0.05) is 49.2 Å². The first-order valence-electron chi connectivity index (χ1n) is 15.3. The summed E-state index contributed by atoms with van der Waals surface area (Å²) >= 11 is 1.89. The van der Waals surface area contributed by atoms with Crippen LogP contribution in [0.5, 0.6) is 0 Å². The number of benzene rings is 1. The average Bonchev–Trinajstić information content (AvgIpc) is 3.57. The van der Waals surface area contributed by atoms with Crippen LogP contribution in [0.1, 0.15) is 77.6 Å². The lowest BCUT2D eigenvalue weighted by Gasteiger charge is -2.34. The standard InChI is InChI=1S/C33H41FN4O2S/c1-2-29-32(41-31(36-29)17-23-8-12-35-13-9-23)24-10-14-37(15-11-24)19-26-20-38(30(33(39)40)16-22-6-7-22)21-28(26)25-4-3-5-27(34)18-25/h3-5,8-9,12-13,18,22,24,26,28,30H,2,6-7,10-11,14-17,19-21H2,1H3,(H,39,40). The number of carboxylic acid groups (broad SMARTS) is 1. The van der Waals surface area contributed by atoms with E-state index in [1.165, 1.54) is 27.2 Å². The van der Waals surface area contributed by atoms with Crippen LogP contribution in [0.4, 0.5) is 4.39 Å². The number of aryl methyl sites for hydroxylation is 1. The van der Waals surface area contributed by atoms with Crippen molar-refractivity contribution in [2.75, 3.05) is 32.7 Å². The Bertz CT molecular complexity index is 1320. The Labute approximate surface area is 246 Å². The molecule has 1 N–H and O–H groups in total. The summed E-state index contributed by atoms with van der Waals surface area (Å²) in [6.45, 7) is 6.64. The van der Waals surface area contributed by atoms with Crippen LogP contribution >= 0.6 is 11.3 Å². The fraction of sp³-hybridized carbons (Fsp3) is 0.545. The van der Waals surface area contributed by atoms with Crippen molar-refractivity contribution in [1.82, 2.24) is 19.8 Å². The molecule has 3 atom stereocenters. The summed E-state index contributed by atoms with van der Waals surface area (Å²) < 4.78 is 14.2. The van der Waals surface area contributed by atoms with E-state index in [1.807, 2.05) is 29.8 Å². The topological polar surface area (TPSA) is 69.6 Å². The number of aromatic nitrogens is 2. The van der Waals surface area contributed by atoms with Crippen LogP contribution in [0.25, 0.3) is 0 Å². The Hall–Kier alpha value is -2.68. The first-order chi connectivity index (χ1) is 20.0. The molecule has 41 heavy (non-hydrogen) atoms. The van der Waals surface area contributed by atoms with E-state index in [0.717, 1.165) is 76.7 Å². The molecule has 2 saturated heterocycles. The second kappa shape index (κ2) is 12.7. The smallest absolute Gasteiger partial charge is 0.320 e. The van der Waals surface area contributed by atoms with Gasteiger partial charge in [0.05, 0.1) is 10.7 Å². The molecule has 3 fully saturated rings. The molecule has 4 heterocycles. The molecule has 0 radical (unpaired) electrons. The summed E-state index contributed by atoms with van der Waals surface area (Å²) in [5.74, 6) is 0.596. The van der Waals surface area contributed by atoms with E-state index in [-0.39, 0.29) is 17.7 Å². The first kappa shape index (κ1) is 28.4. The first-order valence-corrected chi connectivity index (χ1v) is 16.1. The third-order valence-corrected chi connectivity index (χ3v) is 10.6. The minimum Gasteiger partial charge on any atom is -0.480 e. The molecule has 8 heteroatoms. The van der Waals surface area contributed by atoms with Gasteiger partial charge in [-0.15, -0.1) is 11.3 Å². The monoisotopic (exact) mass is 576 g/mol. The fourth-order valence-corrected chi connectivity index (χ4v) is 8.34. The van der Waals surface area contributed by atoms with Gasteiger partial charge in [-0.1, -0.05) is 31.9 Å². The van der Waals surface area contributed by atoms with Crippen molar-refractivity contribution in [2.24, 2.45) is 11.8 Å². The average molecular weight is 577 g/mol. The molecular formula is C33H41FN4O2S. The van der Waals surface area contributed by atoms with Crippen LogP contribution in [-0.2, 0) is 17.6 Å². The van der Waals surface area contributed by atoms with E-state index in [0.29, 0.717) is 18.4 Å². The Morgan fingerprint density at radius 3 is 2.59 bits per heavy atom. The van der Waals surface area contributed by atoms with Crippen molar-refractivity contribution in [3.63, 3.8) is 0 Å². The van der Waals surface area contributed by atoms with Crippen LogP contribution < -0.4 is 0 Å². The number of rotatable bonds is 11. The van der Waals surface area contributed by atoms with Crippen molar-refractivity contribution >= 4 is 17.3 Å². The van der Waals surface area contributed by atoms with Gasteiger partial charge in [-0.2, -0.15) is 0 Å². The molecule has 0 bridgehead atoms. The number of nitrogens with zero attached hydrogens (tertiary/aromatic N) is 4. The Balaban J connectivity index is 1.12. The third kappa shape index (κ3) is 6.87. The zero-order chi connectivity index (χ0) is 28.3. The molecule has 3 aromatic rings. The number of hydrogen-bond donors (Lipinski definition) is 1. The highest BCUT2D eigenvalue weighted by atomic mass is 32.1. The molecule has 3 aliphatic rings. The number of halogens is 1. The second-order valence-electron chi connectivity index (χ2n) is 12.3. The van der Waals surface area contributed by atoms with Gasteiger partial charge in [-0.25, -0.2) is 9.37 Å². The lowest BCUT2D eigenvalue weighted by molar-refractivity contribution is -0.143. The van der Waals surface area contributed by atoms with Gasteiger partial charge >= 0.3 is 5.97 Å². The largest absolute Gasteiger partial charge is 0.480 e. The van der Waals surface area contributed by atoms with Gasteiger partial charge in [0.1, 0.15) is 11.9 Å². The molecule has 3 unspecified atom stereocenters. The molecule has 1 aliphatic carbocycles. The molecule has 1 saturated carbocycles. The third-order valence-electron chi connectivity index (χ3n) is 9.39. The van der Waals surface area contributed by atoms with Gasteiger partial charge in [0.15, 0.2) is 0 Å². The number of carboxylic acids is 1. The van der Waals surface area contributed by atoms with Crippen LogP contribution in [-0.4, -0.2) is 69.6 Å². The van der Waals surface area contributed by atoms with Gasteiger partial charge in [-0.3, -0.25) is 14.7 Å². The number of hydrogen-bond acceptors (Lipinski definition) is 6. The predicted molar refractivity (Wildman–Crippen MR) is 160 cm³/mol. The summed E-state index contributed by atoms with van der Waals surface area (Å²) in [5.41, 5.74) is 3.51. The summed E-state index contributed by atoms with van der Waals surface area (Å²) in [5, 5.41) is 11.3. The lowest BCUT2D eigenvalue weighted by Crippen LogP contribution is -2.41. The molecule has 0 amide bonds. The van der Waals surface area contributed by atoms with Gasteiger partial charge < -0.3 is 10.0 Å². The van der Waals surface area contributed by atoms with E-state index in [4.69, 9.17) is 4.98 Å². The van der Waals surface area contributed by atoms with E-state index in [9.17, 15) is 14.3 Å². The fourth-order valence-electron chi connectivity index (χ4n) is 6.98. The highest BCUT2D eigenvalue weighted by molar-refractivity contribution is 7.11. The highest BCUT2D eigenvalue weighted by Gasteiger charge is 2.42. The van der Waals surface area contributed by atoms with Crippen molar-refractivity contribution < 1.29 is 14.3 Å². The van der Waals surface area contributed by atoms with Gasteiger partial charge in [0.25, 0.3) is 0 Å². The van der Waals surface area contributed by atoms with Gasteiger partial charge in [-0.05, 0) is 91.9 Å². The Morgan fingerprint density at radius 1 is 1.12 bits per heavy atom. The SMILES string of the molecule is CCc1nc(Cc2ccncc2)sc1C1CCN(CC2CN(C(CC3CC3)C(=O)O)CC2c2cccc(F)c2)CC1. The van der Waals surface area contributed by atoms with Crippen LogP contribution in [0.3, 0.4) is 0 Å². The number of piperidine rings is 1. The molecule has 1 aromatic carbocycles.